The number of carboxylic acids is 1. The molecule has 0 aromatic carbocycles. The summed E-state index contributed by atoms with van der Waals surface area (Å²) in [5, 5.41) is 9.09. The van der Waals surface area contributed by atoms with E-state index in [4.69, 9.17) is 5.11 Å². The van der Waals surface area contributed by atoms with Crippen molar-refractivity contribution in [2.24, 2.45) is 11.8 Å². The molecule has 0 amide bonds. The standard InChI is InChI=1S/C19H29N3O2/c1-14(2)15-6-8-16(9-7-15)21-10-12-22(13-11-21)18-5-3-4-17(20-18)19(23)24/h3-5,14-16H,6-13H2,1-2H3,(H,23,24). The minimum absolute atomic E-state index is 0.127. The molecule has 24 heavy (non-hydrogen) atoms. The van der Waals surface area contributed by atoms with Crippen molar-refractivity contribution < 1.29 is 9.90 Å². The second-order valence-corrected chi connectivity index (χ2v) is 7.52. The van der Waals surface area contributed by atoms with Crippen LogP contribution in [0, 0.1) is 11.8 Å². The fourth-order valence-electron chi connectivity index (χ4n) is 4.17. The second-order valence-electron chi connectivity index (χ2n) is 7.52. The average Bonchev–Trinajstić information content (AvgIpc) is 2.62. The summed E-state index contributed by atoms with van der Waals surface area (Å²) >= 11 is 0. The third-order valence-electron chi connectivity index (χ3n) is 5.79. The van der Waals surface area contributed by atoms with Gasteiger partial charge >= 0.3 is 5.97 Å². The van der Waals surface area contributed by atoms with E-state index in [-0.39, 0.29) is 5.69 Å². The van der Waals surface area contributed by atoms with Gasteiger partial charge in [-0.2, -0.15) is 0 Å². The van der Waals surface area contributed by atoms with E-state index in [0.717, 1.165) is 49.9 Å². The Morgan fingerprint density at radius 2 is 1.79 bits per heavy atom. The van der Waals surface area contributed by atoms with Crippen molar-refractivity contribution in [2.45, 2.75) is 45.6 Å². The molecule has 5 nitrogen and oxygen atoms in total. The van der Waals surface area contributed by atoms with Gasteiger partial charge in [0.15, 0.2) is 5.69 Å². The molecular formula is C19H29N3O2. The third-order valence-corrected chi connectivity index (χ3v) is 5.79. The van der Waals surface area contributed by atoms with Gasteiger partial charge in [-0.1, -0.05) is 19.9 Å². The Morgan fingerprint density at radius 3 is 2.38 bits per heavy atom. The average molecular weight is 331 g/mol. The first-order valence-electron chi connectivity index (χ1n) is 9.24. The summed E-state index contributed by atoms with van der Waals surface area (Å²) in [7, 11) is 0. The molecule has 0 spiro atoms. The Balaban J connectivity index is 1.53. The largest absolute Gasteiger partial charge is 0.477 e. The lowest BCUT2D eigenvalue weighted by Crippen LogP contribution is -2.51. The molecule has 5 heteroatoms. The van der Waals surface area contributed by atoms with Crippen LogP contribution in [-0.4, -0.2) is 53.2 Å². The van der Waals surface area contributed by atoms with Gasteiger partial charge in [-0.15, -0.1) is 0 Å². The predicted molar refractivity (Wildman–Crippen MR) is 95.6 cm³/mol. The number of carbonyl (C=O) groups is 1. The molecule has 3 rings (SSSR count). The topological polar surface area (TPSA) is 56.7 Å². The molecule has 0 unspecified atom stereocenters. The van der Waals surface area contributed by atoms with Gasteiger partial charge in [0, 0.05) is 32.2 Å². The number of nitrogens with zero attached hydrogens (tertiary/aromatic N) is 3. The molecule has 0 atom stereocenters. The molecule has 1 aliphatic carbocycles. The van der Waals surface area contributed by atoms with Gasteiger partial charge in [0.1, 0.15) is 5.82 Å². The molecule has 2 heterocycles. The molecule has 2 fully saturated rings. The number of aromatic carboxylic acids is 1. The summed E-state index contributed by atoms with van der Waals surface area (Å²) in [6.07, 6.45) is 5.39. The van der Waals surface area contributed by atoms with Gasteiger partial charge in [0.25, 0.3) is 0 Å². The molecule has 1 saturated heterocycles. The predicted octanol–water partition coefficient (Wildman–Crippen LogP) is 3.12. The lowest BCUT2D eigenvalue weighted by Gasteiger charge is -2.42. The van der Waals surface area contributed by atoms with E-state index < -0.39 is 5.97 Å². The summed E-state index contributed by atoms with van der Waals surface area (Å²) in [4.78, 5) is 20.2. The van der Waals surface area contributed by atoms with Crippen LogP contribution in [0.2, 0.25) is 0 Å². The number of piperazine rings is 1. The number of rotatable bonds is 4. The summed E-state index contributed by atoms with van der Waals surface area (Å²) in [5.41, 5.74) is 0.127. The zero-order valence-electron chi connectivity index (χ0n) is 14.8. The summed E-state index contributed by atoms with van der Waals surface area (Å²) < 4.78 is 0. The van der Waals surface area contributed by atoms with Gasteiger partial charge in [-0.05, 0) is 49.7 Å². The Labute approximate surface area is 144 Å². The van der Waals surface area contributed by atoms with Crippen LogP contribution in [0.4, 0.5) is 5.82 Å². The highest BCUT2D eigenvalue weighted by Crippen LogP contribution is 2.32. The number of carboxylic acid groups (broad SMARTS) is 1. The van der Waals surface area contributed by atoms with Crippen molar-refractivity contribution in [3.63, 3.8) is 0 Å². The maximum atomic E-state index is 11.1. The Kier molecular flexibility index (Phi) is 5.39. The molecule has 1 aliphatic heterocycles. The molecule has 1 aromatic rings. The normalized spacial score (nSPS) is 25.9. The first-order chi connectivity index (χ1) is 11.5. The first-order valence-corrected chi connectivity index (χ1v) is 9.24. The number of hydrogen-bond acceptors (Lipinski definition) is 4. The highest BCUT2D eigenvalue weighted by molar-refractivity contribution is 5.85. The van der Waals surface area contributed by atoms with Crippen LogP contribution in [0.25, 0.3) is 0 Å². The lowest BCUT2D eigenvalue weighted by atomic mass is 9.79. The van der Waals surface area contributed by atoms with Crippen molar-refractivity contribution in [3.05, 3.63) is 23.9 Å². The van der Waals surface area contributed by atoms with E-state index in [0.29, 0.717) is 0 Å². The number of anilines is 1. The van der Waals surface area contributed by atoms with Gasteiger partial charge in [-0.25, -0.2) is 9.78 Å². The SMILES string of the molecule is CC(C)C1CCC(N2CCN(c3cccc(C(=O)O)n3)CC2)CC1. The number of hydrogen-bond donors (Lipinski definition) is 1. The highest BCUT2D eigenvalue weighted by atomic mass is 16.4. The first kappa shape index (κ1) is 17.2. The number of pyridine rings is 1. The van der Waals surface area contributed by atoms with Crippen LogP contribution in [0.3, 0.4) is 0 Å². The van der Waals surface area contributed by atoms with Crippen LogP contribution < -0.4 is 4.90 Å². The van der Waals surface area contributed by atoms with Crippen LogP contribution >= 0.6 is 0 Å². The Hall–Kier alpha value is -1.62. The molecular weight excluding hydrogens is 302 g/mol. The fourth-order valence-corrected chi connectivity index (χ4v) is 4.17. The Bertz CT molecular complexity index is 559. The van der Waals surface area contributed by atoms with Crippen molar-refractivity contribution in [2.75, 3.05) is 31.1 Å². The van der Waals surface area contributed by atoms with Gasteiger partial charge < -0.3 is 10.0 Å². The molecule has 132 valence electrons. The molecule has 2 aliphatic rings. The summed E-state index contributed by atoms with van der Waals surface area (Å²) in [5.74, 6) is 1.55. The molecule has 1 aromatic heterocycles. The molecule has 0 bridgehead atoms. The van der Waals surface area contributed by atoms with Crippen molar-refractivity contribution in [3.8, 4) is 0 Å². The van der Waals surface area contributed by atoms with E-state index in [9.17, 15) is 4.79 Å². The highest BCUT2D eigenvalue weighted by Gasteiger charge is 2.29. The van der Waals surface area contributed by atoms with Crippen molar-refractivity contribution in [1.29, 1.82) is 0 Å². The Morgan fingerprint density at radius 1 is 1.12 bits per heavy atom. The quantitative estimate of drug-likeness (QED) is 0.919. The monoisotopic (exact) mass is 331 g/mol. The molecule has 1 saturated carbocycles. The smallest absolute Gasteiger partial charge is 0.354 e. The zero-order valence-corrected chi connectivity index (χ0v) is 14.8. The fraction of sp³-hybridized carbons (Fsp3) is 0.684. The summed E-state index contributed by atoms with van der Waals surface area (Å²) in [6, 6.07) is 5.98. The zero-order chi connectivity index (χ0) is 17.1. The van der Waals surface area contributed by atoms with E-state index in [2.05, 4.69) is 28.6 Å². The molecule has 0 radical (unpaired) electrons. The minimum atomic E-state index is -0.961. The lowest BCUT2D eigenvalue weighted by molar-refractivity contribution is 0.0690. The maximum absolute atomic E-state index is 11.1. The minimum Gasteiger partial charge on any atom is -0.477 e. The van der Waals surface area contributed by atoms with Crippen LogP contribution in [0.15, 0.2) is 18.2 Å². The van der Waals surface area contributed by atoms with Crippen LogP contribution in [0.1, 0.15) is 50.0 Å². The van der Waals surface area contributed by atoms with E-state index in [1.165, 1.54) is 25.7 Å². The van der Waals surface area contributed by atoms with Crippen molar-refractivity contribution in [1.82, 2.24) is 9.88 Å². The van der Waals surface area contributed by atoms with E-state index >= 15 is 0 Å². The number of aromatic nitrogens is 1. The summed E-state index contributed by atoms with van der Waals surface area (Å²) in [6.45, 7) is 8.66. The van der Waals surface area contributed by atoms with Crippen LogP contribution in [0.5, 0.6) is 0 Å². The maximum Gasteiger partial charge on any atom is 0.354 e. The third kappa shape index (κ3) is 3.89. The van der Waals surface area contributed by atoms with Gasteiger partial charge in [-0.3, -0.25) is 4.90 Å². The molecule has 1 N–H and O–H groups in total. The van der Waals surface area contributed by atoms with Gasteiger partial charge in [0.2, 0.25) is 0 Å². The van der Waals surface area contributed by atoms with E-state index in [1.807, 2.05) is 6.07 Å². The van der Waals surface area contributed by atoms with Gasteiger partial charge in [0.05, 0.1) is 0 Å². The van der Waals surface area contributed by atoms with E-state index in [1.54, 1.807) is 12.1 Å². The van der Waals surface area contributed by atoms with Crippen molar-refractivity contribution >= 4 is 11.8 Å². The second kappa shape index (κ2) is 7.51. The van der Waals surface area contributed by atoms with Crippen LogP contribution in [-0.2, 0) is 0 Å².